The van der Waals surface area contributed by atoms with Crippen LogP contribution in [0.2, 0.25) is 0 Å². The Hall–Kier alpha value is -2.73. The van der Waals surface area contributed by atoms with Crippen molar-refractivity contribution in [1.29, 1.82) is 0 Å². The van der Waals surface area contributed by atoms with Crippen molar-refractivity contribution < 1.29 is 9.53 Å². The number of aryl methyl sites for hydroxylation is 1. The molecule has 24 heavy (non-hydrogen) atoms. The Morgan fingerprint density at radius 1 is 1.33 bits per heavy atom. The third kappa shape index (κ3) is 3.14. The van der Waals surface area contributed by atoms with Crippen molar-refractivity contribution in [2.24, 2.45) is 0 Å². The van der Waals surface area contributed by atoms with Crippen LogP contribution in [0.4, 0.5) is 0 Å². The van der Waals surface area contributed by atoms with Gasteiger partial charge < -0.3 is 14.6 Å². The summed E-state index contributed by atoms with van der Waals surface area (Å²) in [6.45, 7) is 2.27. The van der Waals surface area contributed by atoms with E-state index in [0.29, 0.717) is 12.2 Å². The quantitative estimate of drug-likeness (QED) is 0.783. The molecule has 0 aliphatic rings. The van der Waals surface area contributed by atoms with Crippen LogP contribution in [0.5, 0.6) is 0 Å². The molecule has 6 heteroatoms. The SMILES string of the molecule is COC[C@@H](c1ccccn1)N(C)C(=O)c1ccc2nc(C)[nH]c2c1. The molecule has 0 aliphatic heterocycles. The van der Waals surface area contributed by atoms with Crippen molar-refractivity contribution in [3.05, 3.63) is 59.7 Å². The molecule has 1 atom stereocenters. The van der Waals surface area contributed by atoms with Crippen LogP contribution in [-0.2, 0) is 4.74 Å². The molecule has 0 aliphatic carbocycles. The van der Waals surface area contributed by atoms with Crippen LogP contribution in [0.15, 0.2) is 42.6 Å². The van der Waals surface area contributed by atoms with Crippen LogP contribution < -0.4 is 0 Å². The number of pyridine rings is 1. The van der Waals surface area contributed by atoms with E-state index in [9.17, 15) is 4.79 Å². The van der Waals surface area contributed by atoms with Crippen molar-refractivity contribution in [2.75, 3.05) is 20.8 Å². The number of nitrogens with zero attached hydrogens (tertiary/aromatic N) is 3. The number of H-pyrrole nitrogens is 1. The van der Waals surface area contributed by atoms with E-state index >= 15 is 0 Å². The number of imidazole rings is 1. The topological polar surface area (TPSA) is 71.1 Å². The minimum atomic E-state index is -0.247. The summed E-state index contributed by atoms with van der Waals surface area (Å²) in [6.07, 6.45) is 1.72. The standard InChI is InChI=1S/C18H20N4O2/c1-12-20-14-8-7-13(10-16(14)21-12)18(23)22(2)17(11-24-3)15-6-4-5-9-19-15/h4-10,17H,11H2,1-3H3,(H,20,21)/t17-/m0/s1. The van der Waals surface area contributed by atoms with Crippen LogP contribution >= 0.6 is 0 Å². The van der Waals surface area contributed by atoms with E-state index in [4.69, 9.17) is 4.74 Å². The Bertz CT molecular complexity index is 845. The van der Waals surface area contributed by atoms with Crippen molar-refractivity contribution in [1.82, 2.24) is 19.9 Å². The molecule has 0 radical (unpaired) electrons. The van der Waals surface area contributed by atoms with Gasteiger partial charge in [0.1, 0.15) is 5.82 Å². The summed E-state index contributed by atoms with van der Waals surface area (Å²) in [5, 5.41) is 0. The lowest BCUT2D eigenvalue weighted by atomic mass is 10.1. The lowest BCUT2D eigenvalue weighted by Crippen LogP contribution is -2.34. The van der Waals surface area contributed by atoms with E-state index in [2.05, 4.69) is 15.0 Å². The number of amides is 1. The minimum absolute atomic E-state index is 0.0862. The number of carbonyl (C=O) groups excluding carboxylic acids is 1. The van der Waals surface area contributed by atoms with E-state index in [0.717, 1.165) is 22.6 Å². The maximum Gasteiger partial charge on any atom is 0.254 e. The van der Waals surface area contributed by atoms with Gasteiger partial charge in [0.05, 0.1) is 29.4 Å². The third-order valence-corrected chi connectivity index (χ3v) is 3.99. The maximum absolute atomic E-state index is 12.9. The highest BCUT2D eigenvalue weighted by Crippen LogP contribution is 2.21. The number of aromatic nitrogens is 3. The summed E-state index contributed by atoms with van der Waals surface area (Å²) in [4.78, 5) is 26.4. The second-order valence-corrected chi connectivity index (χ2v) is 5.70. The first-order chi connectivity index (χ1) is 11.6. The summed E-state index contributed by atoms with van der Waals surface area (Å²) in [5.74, 6) is 0.741. The summed E-state index contributed by atoms with van der Waals surface area (Å²) >= 11 is 0. The highest BCUT2D eigenvalue weighted by molar-refractivity contribution is 5.97. The number of carbonyl (C=O) groups is 1. The summed E-state index contributed by atoms with van der Waals surface area (Å²) in [7, 11) is 3.39. The molecule has 1 amide bonds. The zero-order valence-corrected chi connectivity index (χ0v) is 14.0. The fraction of sp³-hybridized carbons (Fsp3) is 0.278. The fourth-order valence-corrected chi connectivity index (χ4v) is 2.74. The fourth-order valence-electron chi connectivity index (χ4n) is 2.74. The van der Waals surface area contributed by atoms with E-state index in [1.165, 1.54) is 0 Å². The number of nitrogens with one attached hydrogen (secondary N) is 1. The number of ether oxygens (including phenoxy) is 1. The summed E-state index contributed by atoms with van der Waals surface area (Å²) < 4.78 is 5.29. The number of aromatic amines is 1. The van der Waals surface area contributed by atoms with Gasteiger partial charge in [0, 0.05) is 25.9 Å². The molecule has 124 valence electrons. The first kappa shape index (κ1) is 16.1. The largest absolute Gasteiger partial charge is 0.382 e. The van der Waals surface area contributed by atoms with E-state index < -0.39 is 0 Å². The van der Waals surface area contributed by atoms with Crippen molar-refractivity contribution in [2.45, 2.75) is 13.0 Å². The lowest BCUT2D eigenvalue weighted by molar-refractivity contribution is 0.0595. The van der Waals surface area contributed by atoms with Crippen LogP contribution in [-0.4, -0.2) is 46.5 Å². The highest BCUT2D eigenvalue weighted by atomic mass is 16.5. The zero-order chi connectivity index (χ0) is 17.1. The zero-order valence-electron chi connectivity index (χ0n) is 14.0. The molecule has 0 saturated carbocycles. The number of benzene rings is 1. The number of likely N-dealkylation sites (N-methyl/N-ethyl adjacent to an activating group) is 1. The molecule has 0 unspecified atom stereocenters. The average molecular weight is 324 g/mol. The van der Waals surface area contributed by atoms with Gasteiger partial charge in [0.25, 0.3) is 5.91 Å². The number of fused-ring (bicyclic) bond motifs is 1. The molecular weight excluding hydrogens is 304 g/mol. The maximum atomic E-state index is 12.9. The van der Waals surface area contributed by atoms with Gasteiger partial charge in [-0.2, -0.15) is 0 Å². The van der Waals surface area contributed by atoms with Gasteiger partial charge in [0.15, 0.2) is 0 Å². The molecule has 1 aromatic carbocycles. The summed E-state index contributed by atoms with van der Waals surface area (Å²) in [5.41, 5.74) is 3.11. The Labute approximate surface area is 140 Å². The number of hydrogen-bond acceptors (Lipinski definition) is 4. The van der Waals surface area contributed by atoms with Gasteiger partial charge in [0.2, 0.25) is 0 Å². The molecule has 0 bridgehead atoms. The smallest absolute Gasteiger partial charge is 0.254 e. The molecule has 0 saturated heterocycles. The van der Waals surface area contributed by atoms with Gasteiger partial charge in [-0.1, -0.05) is 6.07 Å². The number of rotatable bonds is 5. The van der Waals surface area contributed by atoms with Gasteiger partial charge in [-0.05, 0) is 37.3 Å². The van der Waals surface area contributed by atoms with E-state index in [1.807, 2.05) is 37.3 Å². The monoisotopic (exact) mass is 324 g/mol. The minimum Gasteiger partial charge on any atom is -0.382 e. The van der Waals surface area contributed by atoms with Crippen molar-refractivity contribution in [3.8, 4) is 0 Å². The van der Waals surface area contributed by atoms with Crippen LogP contribution in [0.1, 0.15) is 27.9 Å². The molecule has 0 spiro atoms. The lowest BCUT2D eigenvalue weighted by Gasteiger charge is -2.27. The van der Waals surface area contributed by atoms with E-state index in [1.54, 1.807) is 31.3 Å². The number of methoxy groups -OCH3 is 1. The second kappa shape index (κ2) is 6.80. The average Bonchev–Trinajstić information content (AvgIpc) is 2.98. The first-order valence-corrected chi connectivity index (χ1v) is 7.73. The first-order valence-electron chi connectivity index (χ1n) is 7.73. The molecule has 3 aromatic rings. The van der Waals surface area contributed by atoms with Crippen molar-refractivity contribution in [3.63, 3.8) is 0 Å². The van der Waals surface area contributed by atoms with Gasteiger partial charge in [-0.3, -0.25) is 9.78 Å². The van der Waals surface area contributed by atoms with Crippen LogP contribution in [0.25, 0.3) is 11.0 Å². The molecular formula is C18H20N4O2. The van der Waals surface area contributed by atoms with Crippen LogP contribution in [0, 0.1) is 6.92 Å². The normalized spacial score (nSPS) is 12.3. The number of hydrogen-bond donors (Lipinski definition) is 1. The second-order valence-electron chi connectivity index (χ2n) is 5.70. The Morgan fingerprint density at radius 2 is 2.17 bits per heavy atom. The predicted octanol–water partition coefficient (Wildman–Crippen LogP) is 2.73. The van der Waals surface area contributed by atoms with Crippen molar-refractivity contribution >= 4 is 16.9 Å². The molecule has 2 aromatic heterocycles. The van der Waals surface area contributed by atoms with Gasteiger partial charge in [-0.15, -0.1) is 0 Å². The molecule has 1 N–H and O–H groups in total. The van der Waals surface area contributed by atoms with Gasteiger partial charge in [-0.25, -0.2) is 4.98 Å². The molecule has 0 fully saturated rings. The van der Waals surface area contributed by atoms with Gasteiger partial charge >= 0.3 is 0 Å². The third-order valence-electron chi connectivity index (χ3n) is 3.99. The Balaban J connectivity index is 1.90. The summed E-state index contributed by atoms with van der Waals surface area (Å²) in [6, 6.07) is 10.9. The van der Waals surface area contributed by atoms with Crippen LogP contribution in [0.3, 0.4) is 0 Å². The highest BCUT2D eigenvalue weighted by Gasteiger charge is 2.24. The Morgan fingerprint density at radius 3 is 2.88 bits per heavy atom. The molecule has 3 rings (SSSR count). The molecule has 6 nitrogen and oxygen atoms in total. The molecule has 2 heterocycles. The predicted molar refractivity (Wildman–Crippen MR) is 91.8 cm³/mol. The Kier molecular flexibility index (Phi) is 4.57. The van der Waals surface area contributed by atoms with E-state index in [-0.39, 0.29) is 11.9 Å².